The predicted octanol–water partition coefficient (Wildman–Crippen LogP) is 2.06. The van der Waals surface area contributed by atoms with Gasteiger partial charge in [0.1, 0.15) is 0 Å². The molecule has 19 heavy (non-hydrogen) atoms. The quantitative estimate of drug-likeness (QED) is 0.606. The largest absolute Gasteiger partial charge is 0.383 e. The van der Waals surface area contributed by atoms with E-state index in [1.807, 2.05) is 0 Å². The van der Waals surface area contributed by atoms with E-state index in [0.29, 0.717) is 25.1 Å². The van der Waals surface area contributed by atoms with Crippen molar-refractivity contribution in [1.29, 1.82) is 0 Å². The lowest BCUT2D eigenvalue weighted by atomic mass is 10.1. The van der Waals surface area contributed by atoms with Gasteiger partial charge in [0.05, 0.1) is 12.8 Å². The number of hydrogen-bond donors (Lipinski definition) is 2. The number of aromatic nitrogens is 3. The van der Waals surface area contributed by atoms with Gasteiger partial charge in [-0.2, -0.15) is 10.1 Å². The van der Waals surface area contributed by atoms with Crippen molar-refractivity contribution in [2.45, 2.75) is 44.6 Å². The van der Waals surface area contributed by atoms with Crippen LogP contribution in [0.15, 0.2) is 6.20 Å². The lowest BCUT2D eigenvalue weighted by Crippen LogP contribution is -2.20. The zero-order valence-electron chi connectivity index (χ0n) is 11.6. The van der Waals surface area contributed by atoms with Crippen LogP contribution in [0.25, 0.3) is 0 Å². The molecule has 0 atom stereocenters. The first-order valence-electron chi connectivity index (χ1n) is 7.07. The lowest BCUT2D eigenvalue weighted by Gasteiger charge is -2.16. The fourth-order valence-corrected chi connectivity index (χ4v) is 2.35. The van der Waals surface area contributed by atoms with E-state index in [-0.39, 0.29) is 0 Å². The van der Waals surface area contributed by atoms with E-state index < -0.39 is 0 Å². The van der Waals surface area contributed by atoms with Gasteiger partial charge in [0.25, 0.3) is 0 Å². The molecule has 1 fully saturated rings. The Morgan fingerprint density at radius 2 is 2.05 bits per heavy atom. The number of nitrogens with zero attached hydrogens (tertiary/aromatic N) is 3. The van der Waals surface area contributed by atoms with Gasteiger partial charge >= 0.3 is 0 Å². The molecule has 2 N–H and O–H groups in total. The van der Waals surface area contributed by atoms with Crippen LogP contribution in [0.4, 0.5) is 11.8 Å². The summed E-state index contributed by atoms with van der Waals surface area (Å²) in [6.45, 7) is 1.31. The number of hydrogen-bond acceptors (Lipinski definition) is 6. The van der Waals surface area contributed by atoms with E-state index in [9.17, 15) is 0 Å². The molecule has 1 saturated carbocycles. The normalized spacial score (nSPS) is 16.9. The van der Waals surface area contributed by atoms with Crippen molar-refractivity contribution in [3.63, 3.8) is 0 Å². The van der Waals surface area contributed by atoms with Crippen LogP contribution in [0.2, 0.25) is 0 Å². The molecule has 0 bridgehead atoms. The van der Waals surface area contributed by atoms with Crippen LogP contribution in [0.1, 0.15) is 38.5 Å². The zero-order valence-corrected chi connectivity index (χ0v) is 11.6. The van der Waals surface area contributed by atoms with Crippen molar-refractivity contribution < 1.29 is 4.74 Å². The predicted molar refractivity (Wildman–Crippen MR) is 75.3 cm³/mol. The second kappa shape index (κ2) is 7.89. The van der Waals surface area contributed by atoms with Crippen LogP contribution in [0, 0.1) is 0 Å². The average molecular weight is 265 g/mol. The molecule has 0 unspecified atom stereocenters. The molecule has 0 spiro atoms. The van der Waals surface area contributed by atoms with Crippen molar-refractivity contribution in [2.24, 2.45) is 0 Å². The third-order valence-electron chi connectivity index (χ3n) is 3.36. The van der Waals surface area contributed by atoms with E-state index in [1.165, 1.54) is 38.5 Å². The van der Waals surface area contributed by atoms with E-state index in [4.69, 9.17) is 4.74 Å². The minimum Gasteiger partial charge on any atom is -0.383 e. The first-order valence-corrected chi connectivity index (χ1v) is 7.07. The Morgan fingerprint density at radius 3 is 2.79 bits per heavy atom. The summed E-state index contributed by atoms with van der Waals surface area (Å²) in [6, 6.07) is 0.519. The number of ether oxygens (including phenoxy) is 1. The SMILES string of the molecule is COCCNc1nncc(NC2CCCCCC2)n1. The first-order chi connectivity index (χ1) is 9.38. The van der Waals surface area contributed by atoms with Crippen LogP contribution in [-0.2, 0) is 4.74 Å². The molecule has 1 aromatic rings. The second-order valence-electron chi connectivity index (χ2n) is 4.92. The Morgan fingerprint density at radius 1 is 1.26 bits per heavy atom. The highest BCUT2D eigenvalue weighted by molar-refractivity contribution is 5.37. The molecule has 6 heteroatoms. The van der Waals surface area contributed by atoms with Crippen LogP contribution >= 0.6 is 0 Å². The highest BCUT2D eigenvalue weighted by Gasteiger charge is 2.12. The molecular formula is C13H23N5O. The Balaban J connectivity index is 1.86. The lowest BCUT2D eigenvalue weighted by molar-refractivity contribution is 0.210. The van der Waals surface area contributed by atoms with Crippen molar-refractivity contribution in [3.05, 3.63) is 6.20 Å². The highest BCUT2D eigenvalue weighted by Crippen LogP contribution is 2.20. The molecule has 0 amide bonds. The summed E-state index contributed by atoms with van der Waals surface area (Å²) in [5, 5.41) is 14.5. The Labute approximate surface area is 114 Å². The minimum absolute atomic E-state index is 0.519. The van der Waals surface area contributed by atoms with Crippen LogP contribution in [0.5, 0.6) is 0 Å². The fraction of sp³-hybridized carbons (Fsp3) is 0.769. The number of methoxy groups -OCH3 is 1. The van der Waals surface area contributed by atoms with E-state index in [0.717, 1.165) is 5.82 Å². The van der Waals surface area contributed by atoms with Gasteiger partial charge in [-0.25, -0.2) is 0 Å². The number of nitrogens with one attached hydrogen (secondary N) is 2. The molecule has 6 nitrogen and oxygen atoms in total. The summed E-state index contributed by atoms with van der Waals surface area (Å²) in [4.78, 5) is 4.42. The minimum atomic E-state index is 0.519. The number of anilines is 2. The van der Waals surface area contributed by atoms with Gasteiger partial charge in [-0.1, -0.05) is 25.7 Å². The average Bonchev–Trinajstić information content (AvgIpc) is 2.68. The zero-order chi connectivity index (χ0) is 13.3. The molecule has 2 rings (SSSR count). The molecule has 106 valence electrons. The van der Waals surface area contributed by atoms with Gasteiger partial charge in [0, 0.05) is 19.7 Å². The Kier molecular flexibility index (Phi) is 5.81. The van der Waals surface area contributed by atoms with E-state index in [1.54, 1.807) is 13.3 Å². The molecule has 0 saturated heterocycles. The van der Waals surface area contributed by atoms with E-state index >= 15 is 0 Å². The molecule has 0 radical (unpaired) electrons. The monoisotopic (exact) mass is 265 g/mol. The second-order valence-corrected chi connectivity index (χ2v) is 4.92. The van der Waals surface area contributed by atoms with Crippen molar-refractivity contribution in [3.8, 4) is 0 Å². The summed E-state index contributed by atoms with van der Waals surface area (Å²) in [7, 11) is 1.67. The highest BCUT2D eigenvalue weighted by atomic mass is 16.5. The summed E-state index contributed by atoms with van der Waals surface area (Å²) >= 11 is 0. The number of rotatable bonds is 6. The smallest absolute Gasteiger partial charge is 0.244 e. The summed E-state index contributed by atoms with van der Waals surface area (Å²) < 4.78 is 4.98. The van der Waals surface area contributed by atoms with Crippen molar-refractivity contribution >= 4 is 11.8 Å². The molecule has 0 aliphatic heterocycles. The van der Waals surface area contributed by atoms with Gasteiger partial charge in [-0.3, -0.25) is 0 Å². The van der Waals surface area contributed by atoms with Gasteiger partial charge in [0.15, 0.2) is 5.82 Å². The van der Waals surface area contributed by atoms with Crippen LogP contribution in [-0.4, -0.2) is 41.5 Å². The first kappa shape index (κ1) is 14.0. The Hall–Kier alpha value is -1.43. The van der Waals surface area contributed by atoms with Gasteiger partial charge in [-0.15, -0.1) is 5.10 Å². The van der Waals surface area contributed by atoms with E-state index in [2.05, 4.69) is 25.8 Å². The summed E-state index contributed by atoms with van der Waals surface area (Å²) in [5.41, 5.74) is 0. The van der Waals surface area contributed by atoms with Crippen molar-refractivity contribution in [1.82, 2.24) is 15.2 Å². The van der Waals surface area contributed by atoms with Gasteiger partial charge in [-0.05, 0) is 12.8 Å². The van der Waals surface area contributed by atoms with Crippen LogP contribution < -0.4 is 10.6 Å². The standard InChI is InChI=1S/C13H23N5O/c1-19-9-8-14-13-17-12(10-15-18-13)16-11-6-4-2-3-5-7-11/h10-11H,2-9H2,1H3,(H2,14,16,17,18). The fourth-order valence-electron chi connectivity index (χ4n) is 2.35. The molecule has 1 aliphatic rings. The molecular weight excluding hydrogens is 242 g/mol. The maximum Gasteiger partial charge on any atom is 0.244 e. The van der Waals surface area contributed by atoms with Crippen molar-refractivity contribution in [2.75, 3.05) is 30.9 Å². The maximum atomic E-state index is 4.98. The summed E-state index contributed by atoms with van der Waals surface area (Å²) in [5.74, 6) is 1.36. The topological polar surface area (TPSA) is 72.0 Å². The third kappa shape index (κ3) is 4.98. The van der Waals surface area contributed by atoms with Gasteiger partial charge in [0.2, 0.25) is 5.95 Å². The molecule has 0 aromatic carbocycles. The summed E-state index contributed by atoms with van der Waals surface area (Å²) in [6.07, 6.45) is 9.43. The maximum absolute atomic E-state index is 4.98. The van der Waals surface area contributed by atoms with Crippen LogP contribution in [0.3, 0.4) is 0 Å². The molecule has 1 aromatic heterocycles. The van der Waals surface area contributed by atoms with Gasteiger partial charge < -0.3 is 15.4 Å². The molecule has 1 heterocycles. The third-order valence-corrected chi connectivity index (χ3v) is 3.36. The Bertz CT molecular complexity index is 366. The molecule has 1 aliphatic carbocycles.